The Morgan fingerprint density at radius 3 is 2.37 bits per heavy atom. The number of rotatable bonds is 6. The van der Waals surface area contributed by atoms with E-state index in [1.54, 1.807) is 0 Å². The first-order chi connectivity index (χ1) is 16.1. The minimum Gasteiger partial charge on any atom is -0.481 e. The molecule has 0 aromatic rings. The molecule has 196 valence electrons. The van der Waals surface area contributed by atoms with Gasteiger partial charge in [0, 0.05) is 11.3 Å². The lowest BCUT2D eigenvalue weighted by molar-refractivity contribution is -0.148. The number of hydrogen-bond donors (Lipinski definition) is 3. The monoisotopic (exact) mass is 484 g/mol. The fraction of sp³-hybridized carbons (Fsp3) is 0.774. The Morgan fingerprint density at radius 2 is 1.77 bits per heavy atom. The number of aliphatic carboxylic acids is 1. The Kier molecular flexibility index (Phi) is 6.54. The first-order valence-corrected chi connectivity index (χ1v) is 13.8. The van der Waals surface area contributed by atoms with Crippen LogP contribution in [0.15, 0.2) is 35.5 Å². The molecule has 0 aromatic heterocycles. The predicted molar refractivity (Wildman–Crippen MR) is 141 cm³/mol. The van der Waals surface area contributed by atoms with E-state index in [0.29, 0.717) is 31.1 Å². The number of allylic oxidation sites excluding steroid dienone is 5. The lowest BCUT2D eigenvalue weighted by atomic mass is 9.44. The third-order valence-corrected chi connectivity index (χ3v) is 11.6. The summed E-state index contributed by atoms with van der Waals surface area (Å²) in [5.41, 5.74) is 3.09. The van der Waals surface area contributed by atoms with Crippen molar-refractivity contribution in [2.24, 2.45) is 45.3 Å². The van der Waals surface area contributed by atoms with Crippen molar-refractivity contribution in [2.45, 2.75) is 106 Å². The van der Waals surface area contributed by atoms with E-state index in [-0.39, 0.29) is 33.7 Å². The fourth-order valence-electron chi connectivity index (χ4n) is 8.90. The summed E-state index contributed by atoms with van der Waals surface area (Å²) in [5.74, 6) is -0.966. The summed E-state index contributed by atoms with van der Waals surface area (Å²) in [6.45, 7) is 19.7. The van der Waals surface area contributed by atoms with Crippen molar-refractivity contribution in [2.75, 3.05) is 0 Å². The molecule has 0 saturated heterocycles. The first-order valence-electron chi connectivity index (χ1n) is 13.8. The molecular weight excluding hydrogens is 436 g/mol. The Balaban J connectivity index is 1.72. The number of aliphatic hydroxyl groups excluding tert-OH is 2. The minimum absolute atomic E-state index is 0.00139. The van der Waals surface area contributed by atoms with Gasteiger partial charge in [0.05, 0.1) is 18.1 Å². The highest BCUT2D eigenvalue weighted by Gasteiger charge is 2.66. The van der Waals surface area contributed by atoms with Gasteiger partial charge in [0.25, 0.3) is 0 Å². The number of aliphatic hydroxyl groups is 2. The molecule has 0 unspecified atom stereocenters. The van der Waals surface area contributed by atoms with Crippen molar-refractivity contribution >= 4 is 5.97 Å². The normalized spacial score (nSPS) is 42.9. The van der Waals surface area contributed by atoms with Crippen LogP contribution in [0.4, 0.5) is 0 Å². The summed E-state index contributed by atoms with van der Waals surface area (Å²) in [4.78, 5) is 12.6. The maximum atomic E-state index is 12.6. The van der Waals surface area contributed by atoms with E-state index in [1.807, 2.05) is 0 Å². The SMILES string of the molecule is C=C(CC[C@@H](C(=O)O)[C@H]1[C@H](O)C[C@@]2(C)C3=CC[C@H]4C(C)(C)[C@@H](O)CC[C@]4(C)C3=CC[C@]12C)C(C)C. The van der Waals surface area contributed by atoms with Crippen molar-refractivity contribution < 1.29 is 20.1 Å². The molecule has 0 aliphatic heterocycles. The van der Waals surface area contributed by atoms with Gasteiger partial charge in [0.1, 0.15) is 0 Å². The maximum absolute atomic E-state index is 12.6. The Labute approximate surface area is 212 Å². The molecule has 3 N–H and O–H groups in total. The minimum atomic E-state index is -0.793. The molecule has 4 heteroatoms. The fourth-order valence-corrected chi connectivity index (χ4v) is 8.90. The molecule has 0 aromatic carbocycles. The van der Waals surface area contributed by atoms with Crippen molar-refractivity contribution in [1.29, 1.82) is 0 Å². The zero-order valence-corrected chi connectivity index (χ0v) is 23.0. The highest BCUT2D eigenvalue weighted by atomic mass is 16.4. The van der Waals surface area contributed by atoms with Crippen molar-refractivity contribution in [3.05, 3.63) is 35.5 Å². The van der Waals surface area contributed by atoms with Crippen molar-refractivity contribution in [3.8, 4) is 0 Å². The molecular formula is C31H48O4. The molecule has 4 rings (SSSR count). The summed E-state index contributed by atoms with van der Waals surface area (Å²) in [7, 11) is 0. The van der Waals surface area contributed by atoms with E-state index in [9.17, 15) is 20.1 Å². The van der Waals surface area contributed by atoms with Gasteiger partial charge in [0.2, 0.25) is 0 Å². The second-order valence-corrected chi connectivity index (χ2v) is 13.9. The third kappa shape index (κ3) is 3.72. The van der Waals surface area contributed by atoms with Gasteiger partial charge in [-0.15, -0.1) is 0 Å². The number of carboxylic acids is 1. The average Bonchev–Trinajstić information content (AvgIpc) is 2.97. The van der Waals surface area contributed by atoms with Crippen LogP contribution in [0.25, 0.3) is 0 Å². The van der Waals surface area contributed by atoms with Gasteiger partial charge in [-0.1, -0.05) is 72.8 Å². The smallest absolute Gasteiger partial charge is 0.306 e. The molecule has 0 radical (unpaired) electrons. The Morgan fingerprint density at radius 1 is 1.11 bits per heavy atom. The number of hydrogen-bond acceptors (Lipinski definition) is 3. The summed E-state index contributed by atoms with van der Waals surface area (Å²) in [6, 6.07) is 0. The number of fused-ring (bicyclic) bond motifs is 5. The average molecular weight is 485 g/mol. The number of carboxylic acid groups (broad SMARTS) is 1. The van der Waals surface area contributed by atoms with Gasteiger partial charge in [-0.05, 0) is 84.2 Å². The quantitative estimate of drug-likeness (QED) is 0.374. The molecule has 2 saturated carbocycles. The predicted octanol–water partition coefficient (Wildman–Crippen LogP) is 6.54. The molecule has 0 spiro atoms. The van der Waals surface area contributed by atoms with E-state index in [2.05, 4.69) is 67.2 Å². The van der Waals surface area contributed by atoms with Gasteiger partial charge in [-0.2, -0.15) is 0 Å². The van der Waals surface area contributed by atoms with Crippen LogP contribution in [0, 0.1) is 45.3 Å². The van der Waals surface area contributed by atoms with E-state index in [4.69, 9.17) is 0 Å². The second-order valence-electron chi connectivity index (χ2n) is 13.9. The highest BCUT2D eigenvalue weighted by Crippen LogP contribution is 2.71. The van der Waals surface area contributed by atoms with Gasteiger partial charge < -0.3 is 15.3 Å². The largest absolute Gasteiger partial charge is 0.481 e. The molecule has 2 fully saturated rings. The molecule has 4 nitrogen and oxygen atoms in total. The maximum Gasteiger partial charge on any atom is 0.306 e. The zero-order valence-electron chi connectivity index (χ0n) is 23.0. The zero-order chi connectivity index (χ0) is 26.1. The highest BCUT2D eigenvalue weighted by molar-refractivity contribution is 5.71. The van der Waals surface area contributed by atoms with Crippen LogP contribution < -0.4 is 0 Å². The lowest BCUT2D eigenvalue weighted by Crippen LogP contribution is -2.54. The summed E-state index contributed by atoms with van der Waals surface area (Å²) < 4.78 is 0. The summed E-state index contributed by atoms with van der Waals surface area (Å²) in [6.07, 6.45) is 9.19. The van der Waals surface area contributed by atoms with Gasteiger partial charge in [0.15, 0.2) is 0 Å². The van der Waals surface area contributed by atoms with E-state index in [1.165, 1.54) is 11.1 Å². The number of carbonyl (C=O) groups is 1. The van der Waals surface area contributed by atoms with Gasteiger partial charge in [-0.25, -0.2) is 0 Å². The van der Waals surface area contributed by atoms with Crippen LogP contribution >= 0.6 is 0 Å². The Hall–Kier alpha value is -1.39. The van der Waals surface area contributed by atoms with E-state index in [0.717, 1.165) is 31.3 Å². The van der Waals surface area contributed by atoms with Crippen LogP contribution in [0.2, 0.25) is 0 Å². The lowest BCUT2D eigenvalue weighted by Gasteiger charge is -2.61. The molecule has 4 aliphatic rings. The summed E-state index contributed by atoms with van der Waals surface area (Å²) >= 11 is 0. The van der Waals surface area contributed by atoms with Crippen LogP contribution in [-0.2, 0) is 4.79 Å². The van der Waals surface area contributed by atoms with E-state index >= 15 is 0 Å². The first kappa shape index (κ1) is 26.7. The van der Waals surface area contributed by atoms with Gasteiger partial charge in [-0.3, -0.25) is 4.79 Å². The molecule has 35 heavy (non-hydrogen) atoms. The standard InChI is InChI=1S/C31H48O4/c1-18(2)19(3)9-10-20(27(34)35)26-23(32)17-31(8)22-11-12-24-28(4,5)25(33)14-15-29(24,6)21(22)13-16-30(26,31)7/h11,13,18,20,23-26,32-33H,3,9-10,12,14-17H2,1-2,4-8H3,(H,34,35)/t20-,23-,24+,25+,26+,29-,30-,31+/m1/s1. The van der Waals surface area contributed by atoms with Crippen LogP contribution in [0.1, 0.15) is 93.4 Å². The molecule has 0 bridgehead atoms. The van der Waals surface area contributed by atoms with Gasteiger partial charge >= 0.3 is 5.97 Å². The third-order valence-electron chi connectivity index (χ3n) is 11.6. The molecule has 4 aliphatic carbocycles. The van der Waals surface area contributed by atoms with E-state index < -0.39 is 18.0 Å². The second kappa shape index (κ2) is 8.58. The molecule has 0 heterocycles. The molecule has 8 atom stereocenters. The van der Waals surface area contributed by atoms with Crippen molar-refractivity contribution in [1.82, 2.24) is 0 Å². The summed E-state index contributed by atoms with van der Waals surface area (Å²) in [5, 5.41) is 32.6. The van der Waals surface area contributed by atoms with Crippen LogP contribution in [-0.4, -0.2) is 33.5 Å². The Bertz CT molecular complexity index is 957. The van der Waals surface area contributed by atoms with Crippen LogP contribution in [0.3, 0.4) is 0 Å². The molecule has 0 amide bonds. The van der Waals surface area contributed by atoms with Crippen LogP contribution in [0.5, 0.6) is 0 Å². The topological polar surface area (TPSA) is 77.8 Å². The van der Waals surface area contributed by atoms with Crippen molar-refractivity contribution in [3.63, 3.8) is 0 Å².